The normalized spacial score (nSPS) is 10.8. The number of carbonyl (C=O) groups excluding carboxylic acids is 1. The first kappa shape index (κ1) is 21.3. The summed E-state index contributed by atoms with van der Waals surface area (Å²) >= 11 is 1.26. The summed E-state index contributed by atoms with van der Waals surface area (Å²) < 4.78 is 7.02. The molecule has 0 amide bonds. The number of rotatable bonds is 8. The predicted molar refractivity (Wildman–Crippen MR) is 120 cm³/mol. The van der Waals surface area contributed by atoms with Crippen molar-refractivity contribution in [3.8, 4) is 11.4 Å². The fourth-order valence-corrected chi connectivity index (χ4v) is 3.99. The van der Waals surface area contributed by atoms with E-state index in [0.29, 0.717) is 28.0 Å². The molecule has 0 saturated heterocycles. The monoisotopic (exact) mass is 449 g/mol. The van der Waals surface area contributed by atoms with Crippen LogP contribution in [0.2, 0.25) is 0 Å². The van der Waals surface area contributed by atoms with Gasteiger partial charge in [0.15, 0.2) is 10.9 Å². The van der Waals surface area contributed by atoms with E-state index in [9.17, 15) is 14.4 Å². The van der Waals surface area contributed by atoms with Crippen molar-refractivity contribution in [1.82, 2.24) is 24.7 Å². The molecule has 162 valence electrons. The highest BCUT2D eigenvalue weighted by Gasteiger charge is 2.17. The Labute approximate surface area is 186 Å². The third-order valence-corrected chi connectivity index (χ3v) is 5.55. The predicted octanol–water partition coefficient (Wildman–Crippen LogP) is 2.22. The molecular weight excluding hydrogens is 430 g/mol. The van der Waals surface area contributed by atoms with Crippen LogP contribution in [-0.2, 0) is 6.42 Å². The SMILES string of the molecule is COc1ccc(-n2c(Cc3cc(=O)[nH]c(=O)[nH]3)nnc2SCC(=O)c2ccccc2)cc1. The molecule has 0 aliphatic heterocycles. The first-order valence-corrected chi connectivity index (χ1v) is 10.6. The smallest absolute Gasteiger partial charge is 0.325 e. The number of aromatic nitrogens is 5. The Bertz CT molecular complexity index is 1320. The summed E-state index contributed by atoms with van der Waals surface area (Å²) in [7, 11) is 1.58. The summed E-state index contributed by atoms with van der Waals surface area (Å²) in [6.07, 6.45) is 0.172. The Balaban J connectivity index is 1.67. The summed E-state index contributed by atoms with van der Waals surface area (Å²) in [5.74, 6) is 1.35. The Morgan fingerprint density at radius 3 is 2.47 bits per heavy atom. The molecule has 0 aliphatic rings. The minimum absolute atomic E-state index is 0.0274. The van der Waals surface area contributed by atoms with E-state index in [0.717, 1.165) is 5.69 Å². The molecule has 0 fully saturated rings. The summed E-state index contributed by atoms with van der Waals surface area (Å²) in [6, 6.07) is 17.6. The van der Waals surface area contributed by atoms with Gasteiger partial charge in [0.05, 0.1) is 12.9 Å². The number of thioether (sulfide) groups is 1. The van der Waals surface area contributed by atoms with E-state index in [4.69, 9.17) is 4.74 Å². The van der Waals surface area contributed by atoms with Crippen molar-refractivity contribution in [2.75, 3.05) is 12.9 Å². The Kier molecular flexibility index (Phi) is 6.31. The minimum Gasteiger partial charge on any atom is -0.497 e. The second-order valence-electron chi connectivity index (χ2n) is 6.80. The third-order valence-electron chi connectivity index (χ3n) is 4.62. The first-order valence-electron chi connectivity index (χ1n) is 9.66. The number of hydrogen-bond acceptors (Lipinski definition) is 7. The van der Waals surface area contributed by atoms with Crippen LogP contribution in [0.4, 0.5) is 0 Å². The van der Waals surface area contributed by atoms with Crippen molar-refractivity contribution in [2.24, 2.45) is 0 Å². The van der Waals surface area contributed by atoms with E-state index in [1.165, 1.54) is 17.8 Å². The highest BCUT2D eigenvalue weighted by Crippen LogP contribution is 2.25. The molecule has 2 aromatic heterocycles. The molecule has 0 spiro atoms. The van der Waals surface area contributed by atoms with Crippen LogP contribution in [0.15, 0.2) is 75.4 Å². The van der Waals surface area contributed by atoms with E-state index in [-0.39, 0.29) is 18.0 Å². The lowest BCUT2D eigenvalue weighted by molar-refractivity contribution is 0.102. The van der Waals surface area contributed by atoms with E-state index in [1.54, 1.807) is 35.9 Å². The maximum Gasteiger partial charge on any atom is 0.325 e. The Morgan fingerprint density at radius 2 is 1.78 bits per heavy atom. The van der Waals surface area contributed by atoms with Gasteiger partial charge in [0.2, 0.25) is 0 Å². The Morgan fingerprint density at radius 1 is 1.03 bits per heavy atom. The summed E-state index contributed by atoms with van der Waals surface area (Å²) in [4.78, 5) is 40.6. The maximum atomic E-state index is 12.5. The van der Waals surface area contributed by atoms with E-state index < -0.39 is 11.2 Å². The van der Waals surface area contributed by atoms with Crippen molar-refractivity contribution in [3.05, 3.63) is 98.6 Å². The molecule has 32 heavy (non-hydrogen) atoms. The quantitative estimate of drug-likeness (QED) is 0.312. The molecule has 0 saturated carbocycles. The summed E-state index contributed by atoms with van der Waals surface area (Å²) in [5, 5.41) is 9.03. The summed E-state index contributed by atoms with van der Waals surface area (Å²) in [6.45, 7) is 0. The average molecular weight is 449 g/mol. The van der Waals surface area contributed by atoms with Crippen LogP contribution >= 0.6 is 11.8 Å². The van der Waals surface area contributed by atoms with Gasteiger partial charge in [0.25, 0.3) is 5.56 Å². The van der Waals surface area contributed by atoms with Crippen molar-refractivity contribution < 1.29 is 9.53 Å². The highest BCUT2D eigenvalue weighted by atomic mass is 32.2. The number of nitrogens with one attached hydrogen (secondary N) is 2. The topological polar surface area (TPSA) is 123 Å². The second-order valence-corrected chi connectivity index (χ2v) is 7.74. The van der Waals surface area contributed by atoms with Crippen LogP contribution in [0.5, 0.6) is 5.75 Å². The minimum atomic E-state index is -0.592. The number of ketones is 1. The van der Waals surface area contributed by atoms with E-state index in [2.05, 4.69) is 20.2 Å². The van der Waals surface area contributed by atoms with Gasteiger partial charge < -0.3 is 9.72 Å². The van der Waals surface area contributed by atoms with Crippen LogP contribution < -0.4 is 16.0 Å². The van der Waals surface area contributed by atoms with Crippen molar-refractivity contribution in [1.29, 1.82) is 0 Å². The number of hydrogen-bond donors (Lipinski definition) is 2. The zero-order valence-corrected chi connectivity index (χ0v) is 17.9. The van der Waals surface area contributed by atoms with Crippen LogP contribution in [0.1, 0.15) is 21.9 Å². The fourth-order valence-electron chi connectivity index (χ4n) is 3.12. The lowest BCUT2D eigenvalue weighted by atomic mass is 10.2. The van der Waals surface area contributed by atoms with E-state index in [1.807, 2.05) is 30.3 Å². The van der Waals surface area contributed by atoms with Gasteiger partial charge >= 0.3 is 5.69 Å². The lowest BCUT2D eigenvalue weighted by Crippen LogP contribution is -2.23. The molecule has 0 atom stereocenters. The third kappa shape index (κ3) is 4.86. The van der Waals surface area contributed by atoms with Crippen molar-refractivity contribution in [2.45, 2.75) is 11.6 Å². The molecule has 0 radical (unpaired) electrons. The molecule has 0 aliphatic carbocycles. The van der Waals surface area contributed by atoms with Gasteiger partial charge in [-0.2, -0.15) is 0 Å². The van der Waals surface area contributed by atoms with Crippen molar-refractivity contribution >= 4 is 17.5 Å². The number of benzene rings is 2. The second kappa shape index (κ2) is 9.48. The molecule has 2 N–H and O–H groups in total. The zero-order chi connectivity index (χ0) is 22.5. The zero-order valence-electron chi connectivity index (χ0n) is 17.1. The number of nitrogens with zero attached hydrogens (tertiary/aromatic N) is 3. The van der Waals surface area contributed by atoms with Gasteiger partial charge in [-0.3, -0.25) is 19.1 Å². The van der Waals surface area contributed by atoms with Gasteiger partial charge in [-0.1, -0.05) is 42.1 Å². The first-order chi connectivity index (χ1) is 15.5. The summed E-state index contributed by atoms with van der Waals surface area (Å²) in [5.41, 5.74) is 0.690. The van der Waals surface area contributed by atoms with Gasteiger partial charge in [0, 0.05) is 29.4 Å². The maximum absolute atomic E-state index is 12.5. The van der Waals surface area contributed by atoms with Crippen LogP contribution in [0, 0.1) is 0 Å². The molecule has 0 unspecified atom stereocenters. The molecule has 10 heteroatoms. The number of H-pyrrole nitrogens is 2. The number of carbonyl (C=O) groups is 1. The molecular formula is C22H19N5O4S. The van der Waals surface area contributed by atoms with Crippen LogP contribution in [-0.4, -0.2) is 43.4 Å². The average Bonchev–Trinajstić information content (AvgIpc) is 3.19. The molecule has 0 bridgehead atoms. The van der Waals surface area contributed by atoms with Crippen LogP contribution in [0.3, 0.4) is 0 Å². The largest absolute Gasteiger partial charge is 0.497 e. The van der Waals surface area contributed by atoms with Gasteiger partial charge in [-0.15, -0.1) is 10.2 Å². The standard InChI is InChI=1S/C22H19N5O4S/c1-31-17-9-7-16(8-10-17)27-19(11-15-12-20(29)24-21(30)23-15)25-26-22(27)32-13-18(28)14-5-3-2-4-6-14/h2-10,12H,11,13H2,1H3,(H2,23,24,29,30). The van der Waals surface area contributed by atoms with Crippen molar-refractivity contribution in [3.63, 3.8) is 0 Å². The number of ether oxygens (including phenoxy) is 1. The van der Waals surface area contributed by atoms with Gasteiger partial charge in [0.1, 0.15) is 11.6 Å². The van der Waals surface area contributed by atoms with E-state index >= 15 is 0 Å². The molecule has 9 nitrogen and oxygen atoms in total. The fraction of sp³-hybridized carbons (Fsp3) is 0.136. The van der Waals surface area contributed by atoms with Gasteiger partial charge in [-0.05, 0) is 24.3 Å². The molecule has 4 rings (SSSR count). The lowest BCUT2D eigenvalue weighted by Gasteiger charge is -2.11. The number of Topliss-reactive ketones (excluding diaryl/α,β-unsaturated/α-hetero) is 1. The number of methoxy groups -OCH3 is 1. The Hall–Kier alpha value is -3.92. The highest BCUT2D eigenvalue weighted by molar-refractivity contribution is 7.99. The molecule has 2 aromatic carbocycles. The molecule has 4 aromatic rings. The van der Waals surface area contributed by atoms with Gasteiger partial charge in [-0.25, -0.2) is 4.79 Å². The van der Waals surface area contributed by atoms with Crippen LogP contribution in [0.25, 0.3) is 5.69 Å². The molecule has 2 heterocycles. The number of aromatic amines is 2.